The Balaban J connectivity index is 1.58. The number of hydrogen-bond acceptors (Lipinski definition) is 3. The molecule has 2 amide bonds. The molecule has 1 aliphatic rings. The second-order valence-corrected chi connectivity index (χ2v) is 6.49. The van der Waals surface area contributed by atoms with Crippen molar-refractivity contribution in [1.29, 1.82) is 0 Å². The highest BCUT2D eigenvalue weighted by molar-refractivity contribution is 6.04. The third kappa shape index (κ3) is 4.67. The number of carbonyl (C=O) groups is 2. The number of primary amides is 1. The fraction of sp³-hybridized carbons (Fsp3) is 0.300. The first-order valence-corrected chi connectivity index (χ1v) is 8.59. The van der Waals surface area contributed by atoms with Gasteiger partial charge in [0.05, 0.1) is 5.92 Å². The predicted octanol–water partition coefficient (Wildman–Crippen LogP) is 2.64. The van der Waals surface area contributed by atoms with Crippen LogP contribution in [0.4, 0.5) is 5.69 Å². The molecule has 0 saturated carbocycles. The molecule has 0 radical (unpaired) electrons. The van der Waals surface area contributed by atoms with Gasteiger partial charge in [-0.2, -0.15) is 0 Å². The lowest BCUT2D eigenvalue weighted by molar-refractivity contribution is -0.123. The van der Waals surface area contributed by atoms with E-state index in [1.165, 1.54) is 0 Å². The van der Waals surface area contributed by atoms with Gasteiger partial charge in [-0.05, 0) is 49.2 Å². The summed E-state index contributed by atoms with van der Waals surface area (Å²) < 4.78 is 0. The van der Waals surface area contributed by atoms with E-state index in [1.54, 1.807) is 0 Å². The average molecular weight is 337 g/mol. The largest absolute Gasteiger partial charge is 0.369 e. The van der Waals surface area contributed by atoms with Crippen LogP contribution in [0.5, 0.6) is 0 Å². The minimum Gasteiger partial charge on any atom is -0.369 e. The van der Waals surface area contributed by atoms with Crippen LogP contribution in [0.3, 0.4) is 0 Å². The molecule has 0 aliphatic carbocycles. The molecule has 2 aromatic rings. The van der Waals surface area contributed by atoms with E-state index in [9.17, 15) is 9.59 Å². The second-order valence-electron chi connectivity index (χ2n) is 6.49. The summed E-state index contributed by atoms with van der Waals surface area (Å²) in [6.45, 7) is 2.45. The summed E-state index contributed by atoms with van der Waals surface area (Å²) in [5, 5.41) is 2.88. The molecule has 1 fully saturated rings. The molecule has 1 saturated heterocycles. The Bertz CT molecular complexity index is 728. The van der Waals surface area contributed by atoms with Crippen molar-refractivity contribution in [2.75, 3.05) is 18.4 Å². The zero-order valence-electron chi connectivity index (χ0n) is 14.2. The van der Waals surface area contributed by atoms with Crippen molar-refractivity contribution in [3.05, 3.63) is 65.7 Å². The van der Waals surface area contributed by atoms with Crippen molar-refractivity contribution in [2.24, 2.45) is 11.7 Å². The highest BCUT2D eigenvalue weighted by Gasteiger charge is 2.23. The van der Waals surface area contributed by atoms with Crippen LogP contribution in [0, 0.1) is 5.92 Å². The van der Waals surface area contributed by atoms with E-state index in [2.05, 4.69) is 10.2 Å². The molecule has 5 nitrogen and oxygen atoms in total. The Morgan fingerprint density at radius 3 is 2.48 bits per heavy atom. The van der Waals surface area contributed by atoms with Gasteiger partial charge in [-0.1, -0.05) is 30.3 Å². The summed E-state index contributed by atoms with van der Waals surface area (Å²) in [7, 11) is 0. The SMILES string of the molecule is NC(=O)[C@H]1CCCN(Cc2ccc(C(=O)Nc3ccccc3)cc2)C1. The Morgan fingerprint density at radius 2 is 1.80 bits per heavy atom. The maximum Gasteiger partial charge on any atom is 0.255 e. The molecule has 0 aromatic heterocycles. The first-order chi connectivity index (χ1) is 12.1. The molecule has 3 N–H and O–H groups in total. The molecule has 1 heterocycles. The molecule has 5 heteroatoms. The van der Waals surface area contributed by atoms with E-state index in [1.807, 2.05) is 54.6 Å². The van der Waals surface area contributed by atoms with Gasteiger partial charge in [-0.15, -0.1) is 0 Å². The lowest BCUT2D eigenvalue weighted by Gasteiger charge is -2.31. The normalized spacial score (nSPS) is 17.8. The molecule has 130 valence electrons. The van der Waals surface area contributed by atoms with E-state index in [0.717, 1.165) is 37.2 Å². The van der Waals surface area contributed by atoms with Crippen LogP contribution in [0.1, 0.15) is 28.8 Å². The molecular weight excluding hydrogens is 314 g/mol. The van der Waals surface area contributed by atoms with Crippen molar-refractivity contribution in [2.45, 2.75) is 19.4 Å². The Kier molecular flexibility index (Phi) is 5.46. The summed E-state index contributed by atoms with van der Waals surface area (Å²) in [5.74, 6) is -0.383. The van der Waals surface area contributed by atoms with E-state index in [4.69, 9.17) is 5.73 Å². The van der Waals surface area contributed by atoms with Gasteiger partial charge in [0, 0.05) is 24.3 Å². The smallest absolute Gasteiger partial charge is 0.255 e. The van der Waals surface area contributed by atoms with Crippen molar-refractivity contribution in [3.8, 4) is 0 Å². The summed E-state index contributed by atoms with van der Waals surface area (Å²) in [6, 6.07) is 17.0. The number of likely N-dealkylation sites (tertiary alicyclic amines) is 1. The Labute approximate surface area is 147 Å². The van der Waals surface area contributed by atoms with Crippen LogP contribution in [-0.2, 0) is 11.3 Å². The molecule has 0 bridgehead atoms. The zero-order chi connectivity index (χ0) is 17.6. The first-order valence-electron chi connectivity index (χ1n) is 8.59. The summed E-state index contributed by atoms with van der Waals surface area (Å²) in [6.07, 6.45) is 1.87. The monoisotopic (exact) mass is 337 g/mol. The minimum absolute atomic E-state index is 0.0512. The van der Waals surface area contributed by atoms with Gasteiger partial charge in [0.15, 0.2) is 0 Å². The minimum atomic E-state index is -0.211. The molecule has 1 atom stereocenters. The van der Waals surface area contributed by atoms with Gasteiger partial charge in [-0.25, -0.2) is 0 Å². The first kappa shape index (κ1) is 17.2. The molecule has 0 unspecified atom stereocenters. The van der Waals surface area contributed by atoms with Gasteiger partial charge in [0.1, 0.15) is 0 Å². The van der Waals surface area contributed by atoms with Crippen molar-refractivity contribution >= 4 is 17.5 Å². The molecular formula is C20H23N3O2. The number of nitrogens with two attached hydrogens (primary N) is 1. The zero-order valence-corrected chi connectivity index (χ0v) is 14.2. The third-order valence-electron chi connectivity index (χ3n) is 4.56. The van der Waals surface area contributed by atoms with Gasteiger partial charge in [-0.3, -0.25) is 14.5 Å². The molecule has 2 aromatic carbocycles. The Morgan fingerprint density at radius 1 is 1.08 bits per heavy atom. The number of nitrogens with zero attached hydrogens (tertiary/aromatic N) is 1. The molecule has 3 rings (SSSR count). The number of hydrogen-bond donors (Lipinski definition) is 2. The quantitative estimate of drug-likeness (QED) is 0.881. The predicted molar refractivity (Wildman–Crippen MR) is 98.0 cm³/mol. The molecule has 0 spiro atoms. The fourth-order valence-electron chi connectivity index (χ4n) is 3.18. The molecule has 1 aliphatic heterocycles. The van der Waals surface area contributed by atoms with Gasteiger partial charge < -0.3 is 11.1 Å². The van der Waals surface area contributed by atoms with E-state index in [-0.39, 0.29) is 17.7 Å². The van der Waals surface area contributed by atoms with Gasteiger partial charge in [0.2, 0.25) is 5.91 Å². The number of benzene rings is 2. The van der Waals surface area contributed by atoms with Gasteiger partial charge in [0.25, 0.3) is 5.91 Å². The maximum absolute atomic E-state index is 12.3. The van der Waals surface area contributed by atoms with Crippen LogP contribution < -0.4 is 11.1 Å². The lowest BCUT2D eigenvalue weighted by atomic mass is 9.97. The highest BCUT2D eigenvalue weighted by Crippen LogP contribution is 2.18. The number of carbonyl (C=O) groups excluding carboxylic acids is 2. The number of piperidine rings is 1. The lowest BCUT2D eigenvalue weighted by Crippen LogP contribution is -2.40. The van der Waals surface area contributed by atoms with Crippen molar-refractivity contribution in [3.63, 3.8) is 0 Å². The highest BCUT2D eigenvalue weighted by atomic mass is 16.2. The van der Waals surface area contributed by atoms with Crippen LogP contribution in [0.15, 0.2) is 54.6 Å². The second kappa shape index (κ2) is 7.94. The van der Waals surface area contributed by atoms with Crippen LogP contribution in [-0.4, -0.2) is 29.8 Å². The van der Waals surface area contributed by atoms with Gasteiger partial charge >= 0.3 is 0 Å². The number of para-hydroxylation sites is 1. The number of amides is 2. The molecule has 25 heavy (non-hydrogen) atoms. The van der Waals surface area contributed by atoms with E-state index in [0.29, 0.717) is 12.1 Å². The summed E-state index contributed by atoms with van der Waals surface area (Å²) in [4.78, 5) is 25.9. The standard InChI is InChI=1S/C20H23N3O2/c21-19(24)17-5-4-12-23(14-17)13-15-8-10-16(11-9-15)20(25)22-18-6-2-1-3-7-18/h1-3,6-11,17H,4-5,12-14H2,(H2,21,24)(H,22,25)/t17-/m0/s1. The number of rotatable bonds is 5. The van der Waals surface area contributed by atoms with E-state index < -0.39 is 0 Å². The summed E-state index contributed by atoms with van der Waals surface area (Å²) >= 11 is 0. The van der Waals surface area contributed by atoms with Crippen molar-refractivity contribution < 1.29 is 9.59 Å². The average Bonchev–Trinajstić information content (AvgIpc) is 2.63. The Hall–Kier alpha value is -2.66. The van der Waals surface area contributed by atoms with Crippen LogP contribution in [0.2, 0.25) is 0 Å². The topological polar surface area (TPSA) is 75.4 Å². The van der Waals surface area contributed by atoms with Crippen LogP contribution >= 0.6 is 0 Å². The van der Waals surface area contributed by atoms with Crippen molar-refractivity contribution in [1.82, 2.24) is 4.90 Å². The fourth-order valence-corrected chi connectivity index (χ4v) is 3.18. The van der Waals surface area contributed by atoms with E-state index >= 15 is 0 Å². The number of anilines is 1. The maximum atomic E-state index is 12.3. The van der Waals surface area contributed by atoms with Crippen LogP contribution in [0.25, 0.3) is 0 Å². The summed E-state index contributed by atoms with van der Waals surface area (Å²) in [5.41, 5.74) is 7.96. The number of nitrogens with one attached hydrogen (secondary N) is 1. The third-order valence-corrected chi connectivity index (χ3v) is 4.56.